The monoisotopic (exact) mass is 403 g/mol. The van der Waals surface area contributed by atoms with Crippen molar-refractivity contribution in [1.82, 2.24) is 0 Å². The first-order chi connectivity index (χ1) is 7.66. The summed E-state index contributed by atoms with van der Waals surface area (Å²) < 4.78 is 3.14. The van der Waals surface area contributed by atoms with Gasteiger partial charge >= 0.3 is 0 Å². The maximum atomic E-state index is 3.52. The molecule has 2 aromatic carbocycles. The first-order valence-corrected chi connectivity index (χ1v) is 7.01. The normalized spacial score (nSPS) is 10.2. The van der Waals surface area contributed by atoms with Gasteiger partial charge < -0.3 is 5.32 Å². The zero-order valence-corrected chi connectivity index (χ0v) is 12.9. The molecule has 16 heavy (non-hydrogen) atoms. The van der Waals surface area contributed by atoms with E-state index in [-0.39, 0.29) is 0 Å². The maximum absolute atomic E-state index is 3.52. The molecule has 0 spiro atoms. The van der Waals surface area contributed by atoms with Gasteiger partial charge in [-0.15, -0.1) is 0 Å². The van der Waals surface area contributed by atoms with Gasteiger partial charge in [0.25, 0.3) is 0 Å². The summed E-state index contributed by atoms with van der Waals surface area (Å²) in [7, 11) is 0. The first-order valence-electron chi connectivity index (χ1n) is 4.63. The number of hydrogen-bond acceptors (Lipinski definition) is 1. The maximum Gasteiger partial charge on any atom is 0.0673 e. The van der Waals surface area contributed by atoms with Gasteiger partial charge in [-0.25, -0.2) is 0 Å². The minimum Gasteiger partial charge on any atom is -0.354 e. The molecule has 2 aromatic rings. The molecule has 1 N–H and O–H groups in total. The number of halogens is 3. The van der Waals surface area contributed by atoms with E-state index in [1.165, 1.54) is 0 Å². The largest absolute Gasteiger partial charge is 0.354 e. The van der Waals surface area contributed by atoms with Gasteiger partial charge in [0, 0.05) is 19.1 Å². The molecule has 0 aliphatic rings. The van der Waals surface area contributed by atoms with Crippen molar-refractivity contribution in [3.63, 3.8) is 0 Å². The van der Waals surface area contributed by atoms with Crippen molar-refractivity contribution in [3.8, 4) is 0 Å². The Hall–Kier alpha value is -0.320. The van der Waals surface area contributed by atoms with Gasteiger partial charge in [-0.1, -0.05) is 22.0 Å². The lowest BCUT2D eigenvalue weighted by molar-refractivity contribution is 1.49. The molecule has 0 aromatic heterocycles. The lowest BCUT2D eigenvalue weighted by atomic mass is 10.3. The van der Waals surface area contributed by atoms with Crippen molar-refractivity contribution in [3.05, 3.63) is 55.9 Å². The molecule has 0 amide bonds. The number of benzene rings is 2. The highest BCUT2D eigenvalue weighted by Gasteiger charge is 2.04. The molecule has 2 rings (SSSR count). The third-order valence-electron chi connectivity index (χ3n) is 2.08. The quantitative estimate of drug-likeness (QED) is 0.674. The number of rotatable bonds is 2. The van der Waals surface area contributed by atoms with Crippen LogP contribution in [0.1, 0.15) is 0 Å². The zero-order valence-electron chi connectivity index (χ0n) is 8.18. The van der Waals surface area contributed by atoms with E-state index in [1.54, 1.807) is 0 Å². The van der Waals surface area contributed by atoms with Crippen LogP contribution in [0.2, 0.25) is 0 Å². The van der Waals surface area contributed by atoms with Gasteiger partial charge in [-0.2, -0.15) is 0 Å². The first kappa shape index (κ1) is 12.1. The van der Waals surface area contributed by atoms with Crippen LogP contribution < -0.4 is 5.32 Å². The fourth-order valence-corrected chi connectivity index (χ4v) is 2.76. The van der Waals surface area contributed by atoms with Crippen molar-refractivity contribution in [2.45, 2.75) is 0 Å². The Morgan fingerprint density at radius 3 is 1.88 bits per heavy atom. The molecule has 0 aliphatic heterocycles. The van der Waals surface area contributed by atoms with Crippen LogP contribution in [0.25, 0.3) is 0 Å². The van der Waals surface area contributed by atoms with Crippen LogP contribution in [-0.4, -0.2) is 0 Å². The minimum atomic E-state index is 1.03. The molecule has 0 saturated carbocycles. The molecule has 0 radical (unpaired) electrons. The van der Waals surface area contributed by atoms with Gasteiger partial charge in [0.1, 0.15) is 0 Å². The summed E-state index contributed by atoms with van der Waals surface area (Å²) in [5.41, 5.74) is 2.08. The second-order valence-corrected chi connectivity index (χ2v) is 5.85. The molecule has 0 heterocycles. The predicted octanol–water partition coefficient (Wildman–Crippen LogP) is 5.72. The molecule has 0 bridgehead atoms. The number of anilines is 2. The lowest BCUT2D eigenvalue weighted by Crippen LogP contribution is -1.92. The van der Waals surface area contributed by atoms with E-state index in [0.717, 1.165) is 24.8 Å². The van der Waals surface area contributed by atoms with Crippen molar-refractivity contribution in [2.75, 3.05) is 5.32 Å². The fourth-order valence-electron chi connectivity index (χ4n) is 1.29. The second-order valence-electron chi connectivity index (χ2n) is 3.23. The van der Waals surface area contributed by atoms with Crippen molar-refractivity contribution in [2.24, 2.45) is 0 Å². The number of hydrogen-bond donors (Lipinski definition) is 1. The van der Waals surface area contributed by atoms with Gasteiger partial charge in [0.2, 0.25) is 0 Å². The van der Waals surface area contributed by atoms with Crippen LogP contribution >= 0.6 is 47.8 Å². The van der Waals surface area contributed by atoms with E-state index >= 15 is 0 Å². The van der Waals surface area contributed by atoms with Crippen molar-refractivity contribution < 1.29 is 0 Å². The van der Waals surface area contributed by atoms with E-state index in [9.17, 15) is 0 Å². The molecule has 82 valence electrons. The third kappa shape index (κ3) is 2.87. The van der Waals surface area contributed by atoms with Gasteiger partial charge in [-0.3, -0.25) is 0 Å². The summed E-state index contributed by atoms with van der Waals surface area (Å²) in [6, 6.07) is 14.1. The lowest BCUT2D eigenvalue weighted by Gasteiger charge is -2.10. The van der Waals surface area contributed by atoms with Crippen molar-refractivity contribution >= 4 is 59.2 Å². The zero-order chi connectivity index (χ0) is 11.5. The summed E-state index contributed by atoms with van der Waals surface area (Å²) in [5.74, 6) is 0. The highest BCUT2D eigenvalue weighted by atomic mass is 79.9. The number of nitrogens with one attached hydrogen (secondary N) is 1. The number of para-hydroxylation sites is 1. The second kappa shape index (κ2) is 5.34. The Bertz CT molecular complexity index is 474. The van der Waals surface area contributed by atoms with Crippen LogP contribution in [0, 0.1) is 0 Å². The average Bonchev–Trinajstić information content (AvgIpc) is 2.26. The SMILES string of the molecule is Brc1ccc(Nc2c(Br)cccc2Br)cc1. The molecule has 0 unspecified atom stereocenters. The Labute approximate surface area is 120 Å². The third-order valence-corrected chi connectivity index (χ3v) is 3.93. The Balaban J connectivity index is 2.30. The molecule has 4 heteroatoms. The van der Waals surface area contributed by atoms with Crippen LogP contribution in [0.3, 0.4) is 0 Å². The van der Waals surface area contributed by atoms with Crippen LogP contribution in [0.4, 0.5) is 11.4 Å². The van der Waals surface area contributed by atoms with Crippen LogP contribution in [0.15, 0.2) is 55.9 Å². The summed E-state index contributed by atoms with van der Waals surface area (Å²) in [4.78, 5) is 0. The van der Waals surface area contributed by atoms with Gasteiger partial charge in [0.15, 0.2) is 0 Å². The van der Waals surface area contributed by atoms with E-state index in [2.05, 4.69) is 53.1 Å². The molecule has 0 saturated heterocycles. The molecular weight excluding hydrogens is 398 g/mol. The highest BCUT2D eigenvalue weighted by molar-refractivity contribution is 9.11. The highest BCUT2D eigenvalue weighted by Crippen LogP contribution is 2.33. The standard InChI is InChI=1S/C12H8Br3N/c13-8-4-6-9(7-5-8)16-12-10(14)2-1-3-11(12)15/h1-7,16H. The molecule has 1 nitrogen and oxygen atoms in total. The van der Waals surface area contributed by atoms with E-state index in [0.29, 0.717) is 0 Å². The Kier molecular flexibility index (Phi) is 4.05. The Morgan fingerprint density at radius 2 is 1.31 bits per heavy atom. The van der Waals surface area contributed by atoms with E-state index < -0.39 is 0 Å². The minimum absolute atomic E-state index is 1.03. The van der Waals surface area contributed by atoms with Gasteiger partial charge in [0.05, 0.1) is 5.69 Å². The van der Waals surface area contributed by atoms with E-state index in [1.807, 2.05) is 42.5 Å². The molecule has 0 atom stereocenters. The van der Waals surface area contributed by atoms with Crippen LogP contribution in [0.5, 0.6) is 0 Å². The smallest absolute Gasteiger partial charge is 0.0673 e. The molecular formula is C12H8Br3N. The summed E-state index contributed by atoms with van der Waals surface area (Å²) in [6.45, 7) is 0. The topological polar surface area (TPSA) is 12.0 Å². The predicted molar refractivity (Wildman–Crippen MR) is 79.3 cm³/mol. The van der Waals surface area contributed by atoms with E-state index in [4.69, 9.17) is 0 Å². The van der Waals surface area contributed by atoms with Crippen molar-refractivity contribution in [1.29, 1.82) is 0 Å². The fraction of sp³-hybridized carbons (Fsp3) is 0. The Morgan fingerprint density at radius 1 is 0.750 bits per heavy atom. The summed E-state index contributed by atoms with van der Waals surface area (Å²) in [5, 5.41) is 3.35. The molecule has 0 aliphatic carbocycles. The van der Waals surface area contributed by atoms with Crippen LogP contribution in [-0.2, 0) is 0 Å². The summed E-state index contributed by atoms with van der Waals surface area (Å²) >= 11 is 10.4. The van der Waals surface area contributed by atoms with Gasteiger partial charge in [-0.05, 0) is 68.3 Å². The average molecular weight is 406 g/mol. The molecule has 0 fully saturated rings. The summed E-state index contributed by atoms with van der Waals surface area (Å²) in [6.07, 6.45) is 0.